The molecule has 0 saturated heterocycles. The molecule has 6 heteroatoms. The number of carboxylic acids is 3. The van der Waals surface area contributed by atoms with E-state index in [9.17, 15) is 14.4 Å². The number of carbonyl (C=O) groups is 3. The Morgan fingerprint density at radius 3 is 1.12 bits per heavy atom. The summed E-state index contributed by atoms with van der Waals surface area (Å²) in [6.45, 7) is 20.9. The molecular weight excluding hydrogens is 636 g/mol. The van der Waals surface area contributed by atoms with Crippen LogP contribution in [0.3, 0.4) is 0 Å². The first-order valence-corrected chi connectivity index (χ1v) is 18.7. The normalized spacial score (nSPS) is 13.4. The molecule has 3 rings (SSSR count). The highest BCUT2D eigenvalue weighted by Crippen LogP contribution is 2.26. The summed E-state index contributed by atoms with van der Waals surface area (Å²) in [5, 5.41) is 26.6. The predicted octanol–water partition coefficient (Wildman–Crippen LogP) is 10.9. The number of benzene rings is 3. The highest BCUT2D eigenvalue weighted by atomic mass is 16.4. The second kappa shape index (κ2) is 23.5. The van der Waals surface area contributed by atoms with E-state index in [0.717, 1.165) is 32.1 Å². The lowest BCUT2D eigenvalue weighted by molar-refractivity contribution is -0.142. The van der Waals surface area contributed by atoms with Crippen LogP contribution in [0.25, 0.3) is 0 Å². The van der Waals surface area contributed by atoms with Crippen molar-refractivity contribution in [3.63, 3.8) is 0 Å². The first kappa shape index (κ1) is 45.1. The van der Waals surface area contributed by atoms with Crippen molar-refractivity contribution >= 4 is 17.9 Å². The molecule has 0 saturated carbocycles. The van der Waals surface area contributed by atoms with Crippen LogP contribution < -0.4 is 0 Å². The zero-order valence-corrected chi connectivity index (χ0v) is 33.0. The standard InChI is InChI=1S/C16H24O2.C15H22O2.C14H20O2/c1-11(2)15(9-13(4)16(17)18)10-14-7-5-12(3)6-8-14;1-11(2)14(8-9-15(16)17)10-13-6-4-12(3)5-7-13;1-10(2)13(9-14(15)16)8-12-6-4-11(3)5-7-12/h5-8,11,13,15H,9-10H2,1-4H3,(H,17,18);4-7,11,14H,8-10H2,1-3H3,(H,16,17);4-7,10,13H,8-9H2,1-3H3,(H,15,16)/t13?,15-;14-;13-/m110/s1. The monoisotopic (exact) mass is 702 g/mol. The topological polar surface area (TPSA) is 112 Å². The van der Waals surface area contributed by atoms with Crippen LogP contribution in [0, 0.1) is 62.2 Å². The Bertz CT molecular complexity index is 1420. The zero-order chi connectivity index (χ0) is 38.7. The molecule has 0 aliphatic rings. The molecular formula is C45H66O6. The van der Waals surface area contributed by atoms with Crippen molar-refractivity contribution < 1.29 is 29.7 Å². The molecule has 3 aromatic rings. The SMILES string of the molecule is Cc1ccc(C[C@@H](CC(=O)O)C(C)C)cc1.Cc1ccc(C[C@@H](CC(C)C(=O)O)C(C)C)cc1.Cc1ccc(C[C@@H](CCC(=O)O)C(C)C)cc1. The van der Waals surface area contributed by atoms with E-state index in [0.29, 0.717) is 29.6 Å². The molecule has 0 spiro atoms. The van der Waals surface area contributed by atoms with Crippen LogP contribution in [0.4, 0.5) is 0 Å². The van der Waals surface area contributed by atoms with Gasteiger partial charge in [-0.1, -0.05) is 138 Å². The van der Waals surface area contributed by atoms with Gasteiger partial charge in [-0.3, -0.25) is 14.4 Å². The van der Waals surface area contributed by atoms with Gasteiger partial charge in [0.1, 0.15) is 0 Å². The molecule has 1 unspecified atom stereocenters. The number of rotatable bonds is 17. The second-order valence-electron chi connectivity index (χ2n) is 15.6. The fourth-order valence-electron chi connectivity index (χ4n) is 5.97. The van der Waals surface area contributed by atoms with E-state index >= 15 is 0 Å². The van der Waals surface area contributed by atoms with Crippen molar-refractivity contribution in [2.24, 2.45) is 41.4 Å². The molecule has 6 nitrogen and oxygen atoms in total. The van der Waals surface area contributed by atoms with Crippen LogP contribution >= 0.6 is 0 Å². The maximum absolute atomic E-state index is 11.0. The van der Waals surface area contributed by atoms with Crippen molar-refractivity contribution in [2.75, 3.05) is 0 Å². The lowest BCUT2D eigenvalue weighted by Gasteiger charge is -2.23. The fourth-order valence-corrected chi connectivity index (χ4v) is 5.97. The fraction of sp³-hybridized carbons (Fsp3) is 0.533. The minimum absolute atomic E-state index is 0.222. The van der Waals surface area contributed by atoms with E-state index < -0.39 is 17.9 Å². The van der Waals surface area contributed by atoms with Gasteiger partial charge in [-0.05, 0) is 105 Å². The van der Waals surface area contributed by atoms with E-state index in [-0.39, 0.29) is 24.7 Å². The Balaban J connectivity index is 0.000000383. The molecule has 0 aliphatic carbocycles. The van der Waals surface area contributed by atoms with E-state index in [2.05, 4.69) is 135 Å². The lowest BCUT2D eigenvalue weighted by atomic mass is 9.82. The quantitative estimate of drug-likeness (QED) is 0.129. The van der Waals surface area contributed by atoms with Gasteiger partial charge in [0, 0.05) is 12.8 Å². The third kappa shape index (κ3) is 19.9. The summed E-state index contributed by atoms with van der Waals surface area (Å²) in [4.78, 5) is 32.3. The number of aliphatic carboxylic acids is 3. The van der Waals surface area contributed by atoms with Crippen LogP contribution in [0.15, 0.2) is 72.8 Å². The van der Waals surface area contributed by atoms with Gasteiger partial charge in [-0.15, -0.1) is 0 Å². The summed E-state index contributed by atoms with van der Waals surface area (Å²) < 4.78 is 0. The summed E-state index contributed by atoms with van der Waals surface area (Å²) in [6, 6.07) is 25.4. The molecule has 0 radical (unpaired) electrons. The van der Waals surface area contributed by atoms with Gasteiger partial charge in [0.2, 0.25) is 0 Å². The van der Waals surface area contributed by atoms with Crippen molar-refractivity contribution in [1.82, 2.24) is 0 Å². The van der Waals surface area contributed by atoms with Crippen molar-refractivity contribution in [1.29, 1.82) is 0 Å². The third-order valence-electron chi connectivity index (χ3n) is 9.93. The van der Waals surface area contributed by atoms with E-state index in [1.165, 1.54) is 33.4 Å². The van der Waals surface area contributed by atoms with Gasteiger partial charge in [0.05, 0.1) is 5.92 Å². The molecule has 0 bridgehead atoms. The highest BCUT2D eigenvalue weighted by Gasteiger charge is 2.21. The smallest absolute Gasteiger partial charge is 0.306 e. The van der Waals surface area contributed by atoms with Gasteiger partial charge in [0.15, 0.2) is 0 Å². The van der Waals surface area contributed by atoms with Crippen LogP contribution in [0.5, 0.6) is 0 Å². The minimum Gasteiger partial charge on any atom is -0.481 e. The molecule has 3 aromatic carbocycles. The minimum atomic E-state index is -0.703. The average Bonchev–Trinajstić information content (AvgIpc) is 3.05. The zero-order valence-electron chi connectivity index (χ0n) is 33.0. The summed E-state index contributed by atoms with van der Waals surface area (Å²) in [5.74, 6) is 0.187. The third-order valence-corrected chi connectivity index (χ3v) is 9.93. The molecule has 0 fully saturated rings. The predicted molar refractivity (Wildman–Crippen MR) is 210 cm³/mol. The van der Waals surface area contributed by atoms with E-state index in [1.54, 1.807) is 6.92 Å². The van der Waals surface area contributed by atoms with Crippen molar-refractivity contribution in [3.05, 3.63) is 106 Å². The number of aryl methyl sites for hydroxylation is 3. The Morgan fingerprint density at radius 1 is 0.490 bits per heavy atom. The molecule has 0 aromatic heterocycles. The summed E-state index contributed by atoms with van der Waals surface area (Å²) in [6.07, 6.45) is 4.84. The lowest BCUT2D eigenvalue weighted by Crippen LogP contribution is -2.20. The summed E-state index contributed by atoms with van der Waals surface area (Å²) >= 11 is 0. The van der Waals surface area contributed by atoms with Crippen LogP contribution in [0.2, 0.25) is 0 Å². The van der Waals surface area contributed by atoms with E-state index in [4.69, 9.17) is 15.3 Å². The first-order chi connectivity index (χ1) is 23.9. The Labute approximate surface area is 308 Å². The van der Waals surface area contributed by atoms with Crippen LogP contribution in [-0.2, 0) is 33.6 Å². The van der Waals surface area contributed by atoms with Gasteiger partial charge in [-0.25, -0.2) is 0 Å². The molecule has 51 heavy (non-hydrogen) atoms. The maximum Gasteiger partial charge on any atom is 0.306 e. The van der Waals surface area contributed by atoms with Gasteiger partial charge >= 0.3 is 17.9 Å². The molecule has 0 aliphatic heterocycles. The Hall–Kier alpha value is -3.93. The molecule has 0 amide bonds. The Morgan fingerprint density at radius 2 is 0.824 bits per heavy atom. The summed E-state index contributed by atoms with van der Waals surface area (Å²) in [7, 11) is 0. The number of hydrogen-bond donors (Lipinski definition) is 3. The van der Waals surface area contributed by atoms with Gasteiger partial charge in [0.25, 0.3) is 0 Å². The van der Waals surface area contributed by atoms with E-state index in [1.807, 2.05) is 0 Å². The van der Waals surface area contributed by atoms with Gasteiger partial charge < -0.3 is 15.3 Å². The van der Waals surface area contributed by atoms with Crippen molar-refractivity contribution in [2.45, 2.75) is 114 Å². The number of carboxylic acid groups (broad SMARTS) is 3. The maximum atomic E-state index is 11.0. The average molecular weight is 703 g/mol. The highest BCUT2D eigenvalue weighted by molar-refractivity contribution is 5.69. The molecule has 282 valence electrons. The van der Waals surface area contributed by atoms with Crippen LogP contribution in [0.1, 0.15) is 108 Å². The molecule has 3 N–H and O–H groups in total. The van der Waals surface area contributed by atoms with Gasteiger partial charge in [-0.2, -0.15) is 0 Å². The Kier molecular flexibility index (Phi) is 20.8. The molecule has 0 heterocycles. The largest absolute Gasteiger partial charge is 0.481 e. The molecule has 4 atom stereocenters. The first-order valence-electron chi connectivity index (χ1n) is 18.7. The van der Waals surface area contributed by atoms with Crippen LogP contribution in [-0.4, -0.2) is 33.2 Å². The van der Waals surface area contributed by atoms with Crippen molar-refractivity contribution in [3.8, 4) is 0 Å². The number of hydrogen-bond acceptors (Lipinski definition) is 3. The second-order valence-corrected chi connectivity index (χ2v) is 15.6. The summed E-state index contributed by atoms with van der Waals surface area (Å²) in [5.41, 5.74) is 7.60.